The number of hydrogen-bond donors (Lipinski definition) is 2. The molecule has 11 heavy (non-hydrogen) atoms. The maximum Gasteiger partial charge on any atom is 0.207 e. The standard InChI is InChI=1S/C8H16N2O/c11-7-10-6-8-2-1-4-9-5-3-8/h7-9H,1-6H2,(H,10,11). The molecule has 1 rings (SSSR count). The normalized spacial score (nSPS) is 25.6. The predicted molar refractivity (Wildman–Crippen MR) is 44.3 cm³/mol. The fraction of sp³-hybridized carbons (Fsp3) is 0.875. The van der Waals surface area contributed by atoms with Gasteiger partial charge in [-0.1, -0.05) is 0 Å². The van der Waals surface area contributed by atoms with E-state index in [1.807, 2.05) is 0 Å². The SMILES string of the molecule is O=CNCC1CCCNCC1. The summed E-state index contributed by atoms with van der Waals surface area (Å²) in [6.45, 7) is 3.09. The second kappa shape index (κ2) is 5.13. The lowest BCUT2D eigenvalue weighted by atomic mass is 10.0. The fourth-order valence-electron chi connectivity index (χ4n) is 1.51. The summed E-state index contributed by atoms with van der Waals surface area (Å²) in [5.41, 5.74) is 0. The van der Waals surface area contributed by atoms with Crippen molar-refractivity contribution in [2.75, 3.05) is 19.6 Å². The minimum atomic E-state index is 0.690. The van der Waals surface area contributed by atoms with Gasteiger partial charge in [0.25, 0.3) is 0 Å². The minimum absolute atomic E-state index is 0.690. The third kappa shape index (κ3) is 3.37. The van der Waals surface area contributed by atoms with Crippen LogP contribution in [0.3, 0.4) is 0 Å². The van der Waals surface area contributed by atoms with Crippen molar-refractivity contribution < 1.29 is 4.79 Å². The number of carbonyl (C=O) groups excluding carboxylic acids is 1. The fourth-order valence-corrected chi connectivity index (χ4v) is 1.51. The summed E-state index contributed by atoms with van der Waals surface area (Å²) in [5, 5.41) is 6.07. The molecule has 1 aliphatic rings. The summed E-state index contributed by atoms with van der Waals surface area (Å²) in [5.74, 6) is 0.690. The number of carbonyl (C=O) groups is 1. The zero-order valence-electron chi connectivity index (χ0n) is 6.81. The van der Waals surface area contributed by atoms with E-state index >= 15 is 0 Å². The Morgan fingerprint density at radius 2 is 2.36 bits per heavy atom. The van der Waals surface area contributed by atoms with Crippen molar-refractivity contribution in [3.63, 3.8) is 0 Å². The van der Waals surface area contributed by atoms with Crippen LogP contribution in [0.1, 0.15) is 19.3 Å². The van der Waals surface area contributed by atoms with E-state index < -0.39 is 0 Å². The van der Waals surface area contributed by atoms with E-state index in [9.17, 15) is 4.79 Å². The smallest absolute Gasteiger partial charge is 0.207 e. The first-order chi connectivity index (χ1) is 5.43. The number of amides is 1. The lowest BCUT2D eigenvalue weighted by molar-refractivity contribution is -0.109. The average Bonchev–Trinajstić information content (AvgIpc) is 2.28. The van der Waals surface area contributed by atoms with Gasteiger partial charge >= 0.3 is 0 Å². The second-order valence-electron chi connectivity index (χ2n) is 3.07. The highest BCUT2D eigenvalue weighted by atomic mass is 16.1. The monoisotopic (exact) mass is 156 g/mol. The molecule has 64 valence electrons. The van der Waals surface area contributed by atoms with Crippen LogP contribution < -0.4 is 10.6 Å². The van der Waals surface area contributed by atoms with Crippen molar-refractivity contribution in [1.82, 2.24) is 10.6 Å². The lowest BCUT2D eigenvalue weighted by Crippen LogP contribution is -2.22. The Balaban J connectivity index is 2.14. The molecule has 0 bridgehead atoms. The summed E-state index contributed by atoms with van der Waals surface area (Å²) >= 11 is 0. The first kappa shape index (κ1) is 8.53. The minimum Gasteiger partial charge on any atom is -0.358 e. The van der Waals surface area contributed by atoms with Gasteiger partial charge in [-0.05, 0) is 38.3 Å². The summed E-state index contributed by atoms with van der Waals surface area (Å²) in [7, 11) is 0. The third-order valence-corrected chi connectivity index (χ3v) is 2.19. The zero-order chi connectivity index (χ0) is 7.94. The molecule has 1 fully saturated rings. The van der Waals surface area contributed by atoms with E-state index in [2.05, 4.69) is 10.6 Å². The van der Waals surface area contributed by atoms with Crippen molar-refractivity contribution in [3.8, 4) is 0 Å². The highest BCUT2D eigenvalue weighted by Crippen LogP contribution is 2.11. The number of hydrogen-bond acceptors (Lipinski definition) is 2. The molecule has 1 heterocycles. The van der Waals surface area contributed by atoms with Crippen LogP contribution in [-0.2, 0) is 4.79 Å². The first-order valence-electron chi connectivity index (χ1n) is 4.31. The average molecular weight is 156 g/mol. The van der Waals surface area contributed by atoms with Crippen LogP contribution in [0.15, 0.2) is 0 Å². The topological polar surface area (TPSA) is 41.1 Å². The zero-order valence-corrected chi connectivity index (χ0v) is 6.81. The summed E-state index contributed by atoms with van der Waals surface area (Å²) in [6, 6.07) is 0. The van der Waals surface area contributed by atoms with Crippen LogP contribution in [0, 0.1) is 5.92 Å². The molecule has 3 nitrogen and oxygen atoms in total. The van der Waals surface area contributed by atoms with Gasteiger partial charge in [-0.25, -0.2) is 0 Å². The summed E-state index contributed by atoms with van der Waals surface area (Å²) < 4.78 is 0. The highest BCUT2D eigenvalue weighted by Gasteiger charge is 2.10. The molecule has 1 amide bonds. The lowest BCUT2D eigenvalue weighted by Gasteiger charge is -2.11. The summed E-state index contributed by atoms with van der Waals surface area (Å²) in [4.78, 5) is 10.0. The molecule has 1 saturated heterocycles. The molecular weight excluding hydrogens is 140 g/mol. The van der Waals surface area contributed by atoms with Gasteiger partial charge in [0.15, 0.2) is 0 Å². The van der Waals surface area contributed by atoms with Crippen LogP contribution in [0.2, 0.25) is 0 Å². The van der Waals surface area contributed by atoms with Gasteiger partial charge in [0.05, 0.1) is 0 Å². The van der Waals surface area contributed by atoms with Gasteiger partial charge < -0.3 is 10.6 Å². The Hall–Kier alpha value is -0.570. The number of rotatable bonds is 3. The molecule has 3 heteroatoms. The molecule has 1 aliphatic heterocycles. The van der Waals surface area contributed by atoms with E-state index in [4.69, 9.17) is 0 Å². The maximum atomic E-state index is 10.0. The van der Waals surface area contributed by atoms with Crippen molar-refractivity contribution >= 4 is 6.41 Å². The molecule has 2 N–H and O–H groups in total. The molecule has 0 saturated carbocycles. The van der Waals surface area contributed by atoms with E-state index in [1.165, 1.54) is 19.3 Å². The van der Waals surface area contributed by atoms with Crippen molar-refractivity contribution in [1.29, 1.82) is 0 Å². The Bertz CT molecular complexity index is 109. The van der Waals surface area contributed by atoms with Crippen molar-refractivity contribution in [3.05, 3.63) is 0 Å². The molecule has 1 unspecified atom stereocenters. The molecule has 0 aromatic rings. The molecule has 0 spiro atoms. The van der Waals surface area contributed by atoms with Gasteiger partial charge in [0, 0.05) is 6.54 Å². The van der Waals surface area contributed by atoms with Crippen LogP contribution in [0.4, 0.5) is 0 Å². The Morgan fingerprint density at radius 3 is 3.18 bits per heavy atom. The Morgan fingerprint density at radius 1 is 1.45 bits per heavy atom. The van der Waals surface area contributed by atoms with Crippen molar-refractivity contribution in [2.45, 2.75) is 19.3 Å². The van der Waals surface area contributed by atoms with Crippen LogP contribution >= 0.6 is 0 Å². The molecule has 1 atom stereocenters. The summed E-state index contributed by atoms with van der Waals surface area (Å²) in [6.07, 6.45) is 4.47. The maximum absolute atomic E-state index is 10.0. The number of nitrogens with one attached hydrogen (secondary N) is 2. The molecule has 0 aromatic carbocycles. The Kier molecular flexibility index (Phi) is 3.98. The Labute approximate surface area is 67.5 Å². The van der Waals surface area contributed by atoms with Gasteiger partial charge in [-0.15, -0.1) is 0 Å². The van der Waals surface area contributed by atoms with E-state index in [1.54, 1.807) is 0 Å². The van der Waals surface area contributed by atoms with Crippen LogP contribution in [0.5, 0.6) is 0 Å². The molecule has 0 aromatic heterocycles. The first-order valence-corrected chi connectivity index (χ1v) is 4.31. The third-order valence-electron chi connectivity index (χ3n) is 2.19. The van der Waals surface area contributed by atoms with Crippen LogP contribution in [-0.4, -0.2) is 26.0 Å². The van der Waals surface area contributed by atoms with E-state index in [0.29, 0.717) is 5.92 Å². The van der Waals surface area contributed by atoms with E-state index in [0.717, 1.165) is 26.0 Å². The highest BCUT2D eigenvalue weighted by molar-refractivity contribution is 5.45. The molecule has 0 radical (unpaired) electrons. The van der Waals surface area contributed by atoms with Gasteiger partial charge in [0.2, 0.25) is 6.41 Å². The van der Waals surface area contributed by atoms with Crippen molar-refractivity contribution in [2.24, 2.45) is 5.92 Å². The van der Waals surface area contributed by atoms with Gasteiger partial charge in [-0.2, -0.15) is 0 Å². The largest absolute Gasteiger partial charge is 0.358 e. The van der Waals surface area contributed by atoms with Crippen LogP contribution in [0.25, 0.3) is 0 Å². The van der Waals surface area contributed by atoms with Gasteiger partial charge in [-0.3, -0.25) is 4.79 Å². The molecular formula is C8H16N2O. The van der Waals surface area contributed by atoms with E-state index in [-0.39, 0.29) is 0 Å². The van der Waals surface area contributed by atoms with Gasteiger partial charge in [0.1, 0.15) is 0 Å². The quantitative estimate of drug-likeness (QED) is 0.570. The molecule has 0 aliphatic carbocycles. The predicted octanol–water partition coefficient (Wildman–Crippen LogP) is 0.122. The second-order valence-corrected chi connectivity index (χ2v) is 3.07.